The third kappa shape index (κ3) is 4.41. The lowest BCUT2D eigenvalue weighted by molar-refractivity contribution is -0.0000213. The van der Waals surface area contributed by atoms with E-state index in [2.05, 4.69) is 61.3 Å². The van der Waals surface area contributed by atoms with E-state index in [1.165, 1.54) is 28.3 Å². The van der Waals surface area contributed by atoms with Crippen LogP contribution in [0.2, 0.25) is 0 Å². The first-order chi connectivity index (χ1) is 16.5. The summed E-state index contributed by atoms with van der Waals surface area (Å²) in [6.07, 6.45) is 1.49. The largest absolute Gasteiger partial charge is 1.00 e. The second-order valence-corrected chi connectivity index (χ2v) is 12.4. The van der Waals surface area contributed by atoms with Gasteiger partial charge in [-0.2, -0.15) is 0 Å². The Balaban J connectivity index is 0.00000289. The normalized spacial score (nSPS) is 11.1. The Labute approximate surface area is 213 Å². The molecule has 0 bridgehead atoms. The highest BCUT2D eigenvalue weighted by atomic mass is 35.5. The number of hydrogen-bond acceptors (Lipinski definition) is 5. The van der Waals surface area contributed by atoms with Gasteiger partial charge in [0.2, 0.25) is 0 Å². The van der Waals surface area contributed by atoms with Crippen LogP contribution in [0.3, 0.4) is 0 Å². The Bertz CT molecular complexity index is 1510. The molecular formula is C27H22ClN2O3PS. The Morgan fingerprint density at radius 1 is 0.914 bits per heavy atom. The molecule has 3 aromatic carbocycles. The number of rotatable bonds is 5. The summed E-state index contributed by atoms with van der Waals surface area (Å²) < 4.78 is 6.21. The maximum atomic E-state index is 13.0. The lowest BCUT2D eigenvalue weighted by Gasteiger charge is -2.25. The van der Waals surface area contributed by atoms with Crippen LogP contribution in [0.4, 0.5) is 0 Å². The molecule has 0 atom stereocenters. The summed E-state index contributed by atoms with van der Waals surface area (Å²) in [5.41, 5.74) is 1.27. The van der Waals surface area contributed by atoms with Gasteiger partial charge in [0.25, 0.3) is 5.56 Å². The highest BCUT2D eigenvalue weighted by Crippen LogP contribution is 2.53. The van der Waals surface area contributed by atoms with E-state index < -0.39 is 13.2 Å². The third-order valence-corrected chi connectivity index (χ3v) is 10.9. The van der Waals surface area contributed by atoms with Crippen LogP contribution in [0.1, 0.15) is 9.67 Å². The zero-order chi connectivity index (χ0) is 23.7. The summed E-state index contributed by atoms with van der Waals surface area (Å²) in [5, 5.41) is 3.64. The molecule has 0 spiro atoms. The Morgan fingerprint density at radius 2 is 1.49 bits per heavy atom. The van der Waals surface area contributed by atoms with Crippen LogP contribution in [-0.2, 0) is 4.74 Å². The van der Waals surface area contributed by atoms with Crippen molar-refractivity contribution in [3.05, 3.63) is 112 Å². The van der Waals surface area contributed by atoms with Crippen LogP contribution in [0, 0.1) is 0 Å². The summed E-state index contributed by atoms with van der Waals surface area (Å²) in [7, 11) is -0.718. The molecular weight excluding hydrogens is 499 g/mol. The smallest absolute Gasteiger partial charge is 0.349 e. The second-order valence-electron chi connectivity index (χ2n) is 7.91. The number of aromatic nitrogens is 2. The van der Waals surface area contributed by atoms with Gasteiger partial charge in [-0.05, 0) is 36.4 Å². The first kappa shape index (κ1) is 24.8. The van der Waals surface area contributed by atoms with E-state index in [4.69, 9.17) is 9.72 Å². The van der Waals surface area contributed by atoms with Crippen LogP contribution in [0.25, 0.3) is 16.2 Å². The van der Waals surface area contributed by atoms with Crippen molar-refractivity contribution in [2.24, 2.45) is 0 Å². The summed E-state index contributed by atoms with van der Waals surface area (Å²) in [5.74, 6) is -0.483. The molecule has 0 N–H and O–H groups in total. The molecule has 0 fully saturated rings. The highest BCUT2D eigenvalue weighted by molar-refractivity contribution is 7.95. The van der Waals surface area contributed by atoms with Gasteiger partial charge in [0.15, 0.2) is 4.96 Å². The predicted molar refractivity (Wildman–Crippen MR) is 141 cm³/mol. The van der Waals surface area contributed by atoms with Crippen molar-refractivity contribution in [3.63, 3.8) is 0 Å². The minimum absolute atomic E-state index is 0. The number of thiazole rings is 1. The van der Waals surface area contributed by atoms with E-state index in [0.717, 1.165) is 22.2 Å². The molecule has 0 amide bonds. The zero-order valence-electron chi connectivity index (χ0n) is 19.1. The number of hydrogen-bond donors (Lipinski definition) is 0. The number of carbonyl (C=O) groups is 1. The van der Waals surface area contributed by atoms with Crippen LogP contribution in [0.15, 0.2) is 102 Å². The number of benzene rings is 3. The predicted octanol–water partition coefficient (Wildman–Crippen LogP) is 1.14. The maximum absolute atomic E-state index is 13.0. The monoisotopic (exact) mass is 520 g/mol. The van der Waals surface area contributed by atoms with Crippen molar-refractivity contribution >= 4 is 45.4 Å². The van der Waals surface area contributed by atoms with Crippen molar-refractivity contribution in [3.8, 4) is 11.3 Å². The van der Waals surface area contributed by atoms with E-state index in [1.807, 2.05) is 30.3 Å². The van der Waals surface area contributed by atoms with E-state index in [0.29, 0.717) is 15.5 Å². The summed E-state index contributed by atoms with van der Waals surface area (Å²) in [6, 6.07) is 30.7. The van der Waals surface area contributed by atoms with Gasteiger partial charge >= 0.3 is 5.97 Å². The summed E-state index contributed by atoms with van der Waals surface area (Å²) in [4.78, 5) is 30.6. The van der Waals surface area contributed by atoms with Gasteiger partial charge < -0.3 is 17.1 Å². The molecule has 5 nitrogen and oxygen atoms in total. The number of methoxy groups -OCH3 is 1. The van der Waals surface area contributed by atoms with E-state index in [1.54, 1.807) is 6.07 Å². The number of esters is 1. The van der Waals surface area contributed by atoms with Gasteiger partial charge in [-0.3, -0.25) is 9.20 Å². The van der Waals surface area contributed by atoms with Gasteiger partial charge in [0, 0.05) is 17.8 Å². The molecule has 0 aliphatic carbocycles. The molecule has 0 aliphatic heterocycles. The molecule has 176 valence electrons. The fourth-order valence-corrected chi connectivity index (χ4v) is 8.55. The number of halogens is 1. The average Bonchev–Trinajstić information content (AvgIpc) is 3.34. The standard InChI is InChI=1S/C27H22N2O3PS.ClH/c1-32-26(31)24-18-29-25(30)17-22(28-27(29)34-24)21-15-9-10-16-23(21)33(2,19-11-5-3-6-12-19)20-13-7-4-8-14-20;/h3-18H,1-2H3;1H/q+1;/p-1. The van der Waals surface area contributed by atoms with Gasteiger partial charge in [-0.15, -0.1) is 0 Å². The first-order valence-corrected chi connectivity index (χ1v) is 13.8. The molecule has 0 saturated carbocycles. The maximum Gasteiger partial charge on any atom is 0.349 e. The fourth-order valence-electron chi connectivity index (χ4n) is 4.20. The van der Waals surface area contributed by atoms with Crippen molar-refractivity contribution in [2.75, 3.05) is 13.8 Å². The number of fused-ring (bicyclic) bond motifs is 1. The molecule has 0 aliphatic rings. The molecule has 5 aromatic rings. The number of ether oxygens (including phenoxy) is 1. The Kier molecular flexibility index (Phi) is 7.18. The van der Waals surface area contributed by atoms with Gasteiger partial charge in [0.05, 0.1) is 19.5 Å². The minimum atomic E-state index is -2.04. The van der Waals surface area contributed by atoms with Crippen molar-refractivity contribution in [2.45, 2.75) is 0 Å². The van der Waals surface area contributed by atoms with Crippen LogP contribution in [-0.4, -0.2) is 29.1 Å². The van der Waals surface area contributed by atoms with E-state index >= 15 is 0 Å². The molecule has 2 aromatic heterocycles. The lowest BCUT2D eigenvalue weighted by Crippen LogP contribution is -3.00. The minimum Gasteiger partial charge on any atom is -1.00 e. The summed E-state index contributed by atoms with van der Waals surface area (Å²) >= 11 is 1.15. The Morgan fingerprint density at radius 3 is 2.09 bits per heavy atom. The molecule has 35 heavy (non-hydrogen) atoms. The Hall–Kier alpha value is -3.31. The average molecular weight is 521 g/mol. The number of carbonyl (C=O) groups excluding carboxylic acids is 1. The van der Waals surface area contributed by atoms with E-state index in [9.17, 15) is 9.59 Å². The van der Waals surface area contributed by atoms with Gasteiger partial charge in [0.1, 0.15) is 28.1 Å². The van der Waals surface area contributed by atoms with E-state index in [-0.39, 0.29) is 18.0 Å². The SMILES string of the molecule is COC(=O)c1cn2c(=O)cc(-c3ccccc3[P+](C)(c3ccccc3)c3ccccc3)nc2s1.[Cl-]. The molecule has 0 radical (unpaired) electrons. The van der Waals surface area contributed by atoms with Crippen molar-refractivity contribution < 1.29 is 21.9 Å². The molecule has 2 heterocycles. The topological polar surface area (TPSA) is 60.7 Å². The molecule has 8 heteroatoms. The van der Waals surface area contributed by atoms with Crippen LogP contribution < -0.4 is 33.9 Å². The van der Waals surface area contributed by atoms with Crippen LogP contribution in [0.5, 0.6) is 0 Å². The fraction of sp³-hybridized carbons (Fsp3) is 0.0741. The van der Waals surface area contributed by atoms with Gasteiger partial charge in [-0.25, -0.2) is 9.78 Å². The molecule has 5 rings (SSSR count). The van der Waals surface area contributed by atoms with Crippen molar-refractivity contribution in [1.29, 1.82) is 0 Å². The van der Waals surface area contributed by atoms with Crippen molar-refractivity contribution in [1.82, 2.24) is 9.38 Å². The third-order valence-electron chi connectivity index (χ3n) is 5.96. The highest BCUT2D eigenvalue weighted by Gasteiger charge is 2.42. The van der Waals surface area contributed by atoms with Crippen LogP contribution >= 0.6 is 18.6 Å². The lowest BCUT2D eigenvalue weighted by atomic mass is 10.1. The quantitative estimate of drug-likeness (QED) is 0.258. The molecule has 0 unspecified atom stereocenters. The van der Waals surface area contributed by atoms with Gasteiger partial charge in [-0.1, -0.05) is 59.9 Å². The summed E-state index contributed by atoms with van der Waals surface area (Å²) in [6.45, 7) is 2.31. The number of nitrogens with zero attached hydrogens (tertiary/aromatic N) is 2. The zero-order valence-corrected chi connectivity index (χ0v) is 21.6. The molecule has 0 saturated heterocycles. The second kappa shape index (κ2) is 10.1. The first-order valence-electron chi connectivity index (χ1n) is 10.7.